The number of anilines is 2. The summed E-state index contributed by atoms with van der Waals surface area (Å²) in [5.41, 5.74) is 1.32. The van der Waals surface area contributed by atoms with Gasteiger partial charge in [-0.15, -0.1) is 0 Å². The normalized spacial score (nSPS) is 22.1. The van der Waals surface area contributed by atoms with Crippen molar-refractivity contribution in [2.45, 2.75) is 38.6 Å². The van der Waals surface area contributed by atoms with Crippen LogP contribution in [0, 0.1) is 11.8 Å². The van der Waals surface area contributed by atoms with Crippen LogP contribution in [0.25, 0.3) is 11.3 Å². The molecular weight excluding hydrogens is 416 g/mol. The summed E-state index contributed by atoms with van der Waals surface area (Å²) in [4.78, 5) is 25.9. The van der Waals surface area contributed by atoms with E-state index < -0.39 is 0 Å². The second-order valence-electron chi connectivity index (χ2n) is 8.35. The highest BCUT2D eigenvalue weighted by Crippen LogP contribution is 2.29. The summed E-state index contributed by atoms with van der Waals surface area (Å²) in [7, 11) is 0. The summed E-state index contributed by atoms with van der Waals surface area (Å²) in [6, 6.07) is 2.21. The number of nitrogens with zero attached hydrogens (tertiary/aromatic N) is 3. The molecular formula is C22H29ClN6O2. The minimum Gasteiger partial charge on any atom is -0.381 e. The molecule has 4 heterocycles. The fraction of sp³-hybridized carbons (Fsp3) is 0.545. The molecule has 2 aliphatic rings. The van der Waals surface area contributed by atoms with Crippen molar-refractivity contribution in [3.63, 3.8) is 0 Å². The number of carbonyl (C=O) groups is 1. The first-order valence-corrected chi connectivity index (χ1v) is 11.3. The van der Waals surface area contributed by atoms with E-state index in [1.165, 1.54) is 6.20 Å². The molecule has 0 aromatic carbocycles. The van der Waals surface area contributed by atoms with E-state index in [1.54, 1.807) is 18.5 Å². The lowest BCUT2D eigenvalue weighted by molar-refractivity contribution is -0.120. The fourth-order valence-corrected chi connectivity index (χ4v) is 4.13. The topological polar surface area (TPSA) is 101 Å². The number of nitrogens with one attached hydrogen (secondary N) is 3. The Morgan fingerprint density at radius 2 is 2.03 bits per heavy atom. The Labute approximate surface area is 187 Å². The number of hydrogen-bond donors (Lipinski definition) is 3. The second kappa shape index (κ2) is 10.3. The average molecular weight is 445 g/mol. The molecule has 2 aromatic rings. The number of halogens is 1. The maximum Gasteiger partial charge on any atom is 0.229 e. The van der Waals surface area contributed by atoms with Crippen LogP contribution in [0.3, 0.4) is 0 Å². The molecule has 8 nitrogen and oxygen atoms in total. The average Bonchev–Trinajstić information content (AvgIpc) is 2.80. The molecule has 0 saturated carbocycles. The van der Waals surface area contributed by atoms with Crippen LogP contribution < -0.4 is 16.0 Å². The van der Waals surface area contributed by atoms with E-state index in [0.717, 1.165) is 45.4 Å². The van der Waals surface area contributed by atoms with Gasteiger partial charge in [0.05, 0.1) is 29.0 Å². The second-order valence-corrected chi connectivity index (χ2v) is 8.76. The molecule has 0 radical (unpaired) electrons. The van der Waals surface area contributed by atoms with Gasteiger partial charge < -0.3 is 20.7 Å². The minimum absolute atomic E-state index is 0.0295. The summed E-state index contributed by atoms with van der Waals surface area (Å²) in [5.74, 6) is 1.64. The summed E-state index contributed by atoms with van der Waals surface area (Å²) in [5, 5.41) is 10.1. The van der Waals surface area contributed by atoms with Crippen LogP contribution in [0.4, 0.5) is 11.6 Å². The van der Waals surface area contributed by atoms with Crippen LogP contribution >= 0.6 is 11.6 Å². The van der Waals surface area contributed by atoms with Crippen LogP contribution in [0.15, 0.2) is 24.7 Å². The lowest BCUT2D eigenvalue weighted by atomic mass is 9.95. The van der Waals surface area contributed by atoms with Crippen LogP contribution in [-0.2, 0) is 9.53 Å². The zero-order chi connectivity index (χ0) is 21.6. The van der Waals surface area contributed by atoms with Crippen molar-refractivity contribution in [2.75, 3.05) is 36.9 Å². The van der Waals surface area contributed by atoms with Gasteiger partial charge in [0.25, 0.3) is 0 Å². The third kappa shape index (κ3) is 5.90. The minimum atomic E-state index is -0.0605. The number of ether oxygens (including phenoxy) is 1. The first kappa shape index (κ1) is 21.9. The van der Waals surface area contributed by atoms with Crippen molar-refractivity contribution in [1.29, 1.82) is 0 Å². The van der Waals surface area contributed by atoms with Crippen LogP contribution in [0.5, 0.6) is 0 Å². The molecule has 0 bridgehead atoms. The van der Waals surface area contributed by atoms with Crippen LogP contribution in [-0.4, -0.2) is 53.2 Å². The lowest BCUT2D eigenvalue weighted by Gasteiger charge is -2.26. The molecule has 4 rings (SSSR count). The van der Waals surface area contributed by atoms with Crippen molar-refractivity contribution in [1.82, 2.24) is 20.3 Å². The number of pyridine rings is 1. The molecule has 2 unspecified atom stereocenters. The smallest absolute Gasteiger partial charge is 0.229 e. The molecule has 9 heteroatoms. The quantitative estimate of drug-likeness (QED) is 0.627. The summed E-state index contributed by atoms with van der Waals surface area (Å²) in [6.07, 6.45) is 8.87. The Bertz CT molecular complexity index is 897. The van der Waals surface area contributed by atoms with E-state index >= 15 is 0 Å². The molecule has 166 valence electrons. The zero-order valence-electron chi connectivity index (χ0n) is 17.7. The molecule has 3 N–H and O–H groups in total. The molecule has 0 spiro atoms. The van der Waals surface area contributed by atoms with Crippen molar-refractivity contribution in [2.24, 2.45) is 11.8 Å². The molecule has 2 fully saturated rings. The van der Waals surface area contributed by atoms with E-state index in [9.17, 15) is 4.79 Å². The highest BCUT2D eigenvalue weighted by Gasteiger charge is 2.24. The number of piperidine rings is 1. The largest absolute Gasteiger partial charge is 0.381 e. The third-order valence-electron chi connectivity index (χ3n) is 5.96. The van der Waals surface area contributed by atoms with E-state index in [0.29, 0.717) is 46.4 Å². The SMILES string of the molecule is CC1CCC(C(=O)Nc2cc(-c3cncc(NCC4CCOCC4)n3)c(Cl)cn2)CN1. The fourth-order valence-electron chi connectivity index (χ4n) is 3.93. The number of amides is 1. The van der Waals surface area contributed by atoms with Gasteiger partial charge in [0.2, 0.25) is 5.91 Å². The molecule has 31 heavy (non-hydrogen) atoms. The van der Waals surface area contributed by atoms with E-state index in [4.69, 9.17) is 16.3 Å². The van der Waals surface area contributed by atoms with E-state index in [-0.39, 0.29) is 11.8 Å². The molecule has 2 saturated heterocycles. The van der Waals surface area contributed by atoms with Crippen LogP contribution in [0.2, 0.25) is 5.02 Å². The Kier molecular flexibility index (Phi) is 7.32. The van der Waals surface area contributed by atoms with Crippen molar-refractivity contribution >= 4 is 29.1 Å². The highest BCUT2D eigenvalue weighted by atomic mass is 35.5. The first-order chi connectivity index (χ1) is 15.1. The molecule has 2 aliphatic heterocycles. The lowest BCUT2D eigenvalue weighted by Crippen LogP contribution is -2.41. The summed E-state index contributed by atoms with van der Waals surface area (Å²) in [6.45, 7) is 5.28. The predicted octanol–water partition coefficient (Wildman–Crippen LogP) is 3.36. The number of rotatable bonds is 6. The predicted molar refractivity (Wildman–Crippen MR) is 121 cm³/mol. The van der Waals surface area contributed by atoms with Gasteiger partial charge in [-0.25, -0.2) is 9.97 Å². The summed E-state index contributed by atoms with van der Waals surface area (Å²) < 4.78 is 5.41. The van der Waals surface area contributed by atoms with Crippen molar-refractivity contribution in [3.05, 3.63) is 29.7 Å². The third-order valence-corrected chi connectivity index (χ3v) is 6.26. The van der Waals surface area contributed by atoms with Gasteiger partial charge in [0, 0.05) is 44.1 Å². The number of carbonyl (C=O) groups excluding carboxylic acids is 1. The van der Waals surface area contributed by atoms with Gasteiger partial charge >= 0.3 is 0 Å². The van der Waals surface area contributed by atoms with Gasteiger partial charge in [-0.1, -0.05) is 11.6 Å². The van der Waals surface area contributed by atoms with Crippen molar-refractivity contribution < 1.29 is 9.53 Å². The summed E-state index contributed by atoms with van der Waals surface area (Å²) >= 11 is 6.40. The molecule has 2 aromatic heterocycles. The Balaban J connectivity index is 1.43. The van der Waals surface area contributed by atoms with E-state index in [1.807, 2.05) is 0 Å². The number of aromatic nitrogens is 3. The van der Waals surface area contributed by atoms with Gasteiger partial charge in [0.1, 0.15) is 11.6 Å². The Morgan fingerprint density at radius 1 is 1.19 bits per heavy atom. The number of hydrogen-bond acceptors (Lipinski definition) is 7. The zero-order valence-corrected chi connectivity index (χ0v) is 18.5. The maximum absolute atomic E-state index is 12.6. The first-order valence-electron chi connectivity index (χ1n) is 10.9. The Morgan fingerprint density at radius 3 is 2.81 bits per heavy atom. The molecule has 2 atom stereocenters. The Hall–Kier alpha value is -2.29. The van der Waals surface area contributed by atoms with Gasteiger partial charge in [-0.2, -0.15) is 0 Å². The molecule has 0 aliphatic carbocycles. The standard InChI is InChI=1S/C22H29ClN6O2/c1-14-2-3-16(10-25-14)22(30)29-20-8-17(18(23)11-27-20)19-12-24-13-21(28-19)26-9-15-4-6-31-7-5-15/h8,11-16,25H,2-7,9-10H2,1H3,(H,26,28)(H,27,29,30). The monoisotopic (exact) mass is 444 g/mol. The van der Waals surface area contributed by atoms with Crippen molar-refractivity contribution in [3.8, 4) is 11.3 Å². The molecule has 1 amide bonds. The van der Waals surface area contributed by atoms with Gasteiger partial charge in [0.15, 0.2) is 0 Å². The maximum atomic E-state index is 12.6. The van der Waals surface area contributed by atoms with E-state index in [2.05, 4.69) is 37.8 Å². The van der Waals surface area contributed by atoms with Gasteiger partial charge in [-0.05, 0) is 44.6 Å². The van der Waals surface area contributed by atoms with Gasteiger partial charge in [-0.3, -0.25) is 9.78 Å². The highest BCUT2D eigenvalue weighted by molar-refractivity contribution is 6.33. The van der Waals surface area contributed by atoms with Crippen LogP contribution in [0.1, 0.15) is 32.6 Å².